The van der Waals surface area contributed by atoms with E-state index in [1.807, 2.05) is 35.2 Å². The summed E-state index contributed by atoms with van der Waals surface area (Å²) in [6.45, 7) is 1.18. The SMILES string of the molecule is CS(=O)(=O)OC1CCN(c2ccc(NC(=O)OCc3ccccc3)nn2)C1. The van der Waals surface area contributed by atoms with Crippen LogP contribution in [0.1, 0.15) is 12.0 Å². The Morgan fingerprint density at radius 1 is 1.22 bits per heavy atom. The van der Waals surface area contributed by atoms with Crippen molar-refractivity contribution in [2.45, 2.75) is 19.1 Å². The van der Waals surface area contributed by atoms with E-state index in [1.54, 1.807) is 12.1 Å². The van der Waals surface area contributed by atoms with Crippen LogP contribution in [-0.4, -0.2) is 50.2 Å². The van der Waals surface area contributed by atoms with E-state index in [1.165, 1.54) is 0 Å². The van der Waals surface area contributed by atoms with Crippen LogP contribution in [-0.2, 0) is 25.6 Å². The third-order valence-electron chi connectivity index (χ3n) is 3.87. The van der Waals surface area contributed by atoms with Gasteiger partial charge in [-0.1, -0.05) is 30.3 Å². The summed E-state index contributed by atoms with van der Waals surface area (Å²) in [7, 11) is -3.48. The number of nitrogens with zero attached hydrogens (tertiary/aromatic N) is 3. The number of ether oxygens (including phenoxy) is 1. The Morgan fingerprint density at radius 3 is 2.67 bits per heavy atom. The molecule has 3 rings (SSSR count). The van der Waals surface area contributed by atoms with Gasteiger partial charge in [0.05, 0.1) is 12.4 Å². The average Bonchev–Trinajstić information content (AvgIpc) is 3.08. The Bertz CT molecular complexity index is 874. The largest absolute Gasteiger partial charge is 0.444 e. The van der Waals surface area contributed by atoms with Crippen molar-refractivity contribution in [2.75, 3.05) is 29.6 Å². The number of hydrogen-bond donors (Lipinski definition) is 1. The quantitative estimate of drug-likeness (QED) is 0.741. The summed E-state index contributed by atoms with van der Waals surface area (Å²) < 4.78 is 32.5. The maximum atomic E-state index is 11.8. The van der Waals surface area contributed by atoms with Crippen molar-refractivity contribution in [2.24, 2.45) is 0 Å². The van der Waals surface area contributed by atoms with Crippen molar-refractivity contribution in [3.05, 3.63) is 48.0 Å². The van der Waals surface area contributed by atoms with Crippen LogP contribution >= 0.6 is 0 Å². The van der Waals surface area contributed by atoms with Crippen LogP contribution in [0.5, 0.6) is 0 Å². The lowest BCUT2D eigenvalue weighted by molar-refractivity contribution is 0.155. The minimum atomic E-state index is -3.48. The number of nitrogens with one attached hydrogen (secondary N) is 1. The molecular formula is C17H20N4O5S. The Balaban J connectivity index is 1.49. The highest BCUT2D eigenvalue weighted by atomic mass is 32.2. The molecule has 1 N–H and O–H groups in total. The van der Waals surface area contributed by atoms with E-state index in [2.05, 4.69) is 15.5 Å². The number of carbonyl (C=O) groups is 1. The molecule has 9 nitrogen and oxygen atoms in total. The summed E-state index contributed by atoms with van der Waals surface area (Å²) in [5.41, 5.74) is 0.883. The number of hydrogen-bond acceptors (Lipinski definition) is 8. The molecule has 1 aliphatic heterocycles. The molecule has 1 aromatic heterocycles. The first-order chi connectivity index (χ1) is 12.9. The lowest BCUT2D eigenvalue weighted by Crippen LogP contribution is -2.25. The molecule has 1 atom stereocenters. The molecule has 27 heavy (non-hydrogen) atoms. The van der Waals surface area contributed by atoms with Gasteiger partial charge >= 0.3 is 6.09 Å². The van der Waals surface area contributed by atoms with Crippen LogP contribution in [0.2, 0.25) is 0 Å². The summed E-state index contributed by atoms with van der Waals surface area (Å²) in [5, 5.41) is 10.5. The summed E-state index contributed by atoms with van der Waals surface area (Å²) in [6, 6.07) is 12.6. The van der Waals surface area contributed by atoms with Crippen LogP contribution in [0.15, 0.2) is 42.5 Å². The molecular weight excluding hydrogens is 372 g/mol. The second-order valence-corrected chi connectivity index (χ2v) is 7.72. The molecule has 0 aliphatic carbocycles. The number of amides is 1. The number of aromatic nitrogens is 2. The van der Waals surface area contributed by atoms with Gasteiger partial charge in [-0.15, -0.1) is 10.2 Å². The van der Waals surface area contributed by atoms with E-state index in [9.17, 15) is 13.2 Å². The van der Waals surface area contributed by atoms with Gasteiger partial charge in [-0.05, 0) is 24.1 Å². The maximum Gasteiger partial charge on any atom is 0.413 e. The molecule has 1 fully saturated rings. The van der Waals surface area contributed by atoms with Crippen LogP contribution in [0.3, 0.4) is 0 Å². The van der Waals surface area contributed by atoms with Crippen molar-refractivity contribution in [1.29, 1.82) is 0 Å². The molecule has 0 saturated carbocycles. The van der Waals surface area contributed by atoms with E-state index in [-0.39, 0.29) is 12.4 Å². The van der Waals surface area contributed by atoms with Gasteiger partial charge in [0.25, 0.3) is 10.1 Å². The van der Waals surface area contributed by atoms with Crippen molar-refractivity contribution in [1.82, 2.24) is 10.2 Å². The van der Waals surface area contributed by atoms with Crippen LogP contribution in [0.25, 0.3) is 0 Å². The van der Waals surface area contributed by atoms with Crippen LogP contribution in [0.4, 0.5) is 16.4 Å². The maximum absolute atomic E-state index is 11.8. The lowest BCUT2D eigenvalue weighted by atomic mass is 10.2. The number of anilines is 2. The number of benzene rings is 1. The third-order valence-corrected chi connectivity index (χ3v) is 4.49. The van der Waals surface area contributed by atoms with Gasteiger partial charge < -0.3 is 9.64 Å². The van der Waals surface area contributed by atoms with Gasteiger partial charge in [-0.3, -0.25) is 9.50 Å². The molecule has 1 aromatic carbocycles. The fourth-order valence-electron chi connectivity index (χ4n) is 2.69. The number of rotatable bonds is 6. The molecule has 2 aromatic rings. The fourth-order valence-corrected chi connectivity index (χ4v) is 3.34. The normalized spacial score (nSPS) is 16.9. The molecule has 1 aliphatic rings. The minimum Gasteiger partial charge on any atom is -0.444 e. The molecule has 1 unspecified atom stereocenters. The summed E-state index contributed by atoms with van der Waals surface area (Å²) in [4.78, 5) is 13.7. The monoisotopic (exact) mass is 392 g/mol. The molecule has 1 amide bonds. The highest BCUT2D eigenvalue weighted by Gasteiger charge is 2.27. The molecule has 1 saturated heterocycles. The zero-order chi connectivity index (χ0) is 19.3. The van der Waals surface area contributed by atoms with Gasteiger partial charge in [0.2, 0.25) is 0 Å². The summed E-state index contributed by atoms with van der Waals surface area (Å²) in [6.07, 6.45) is 0.601. The van der Waals surface area contributed by atoms with Crippen molar-refractivity contribution >= 4 is 27.8 Å². The first-order valence-corrected chi connectivity index (χ1v) is 10.2. The Kier molecular flexibility index (Phi) is 5.87. The summed E-state index contributed by atoms with van der Waals surface area (Å²) >= 11 is 0. The van der Waals surface area contributed by atoms with E-state index in [0.717, 1.165) is 11.8 Å². The van der Waals surface area contributed by atoms with Crippen molar-refractivity contribution < 1.29 is 22.1 Å². The van der Waals surface area contributed by atoms with Gasteiger partial charge in [-0.2, -0.15) is 8.42 Å². The van der Waals surface area contributed by atoms with Crippen molar-refractivity contribution in [3.63, 3.8) is 0 Å². The van der Waals surface area contributed by atoms with Crippen LogP contribution < -0.4 is 10.2 Å². The van der Waals surface area contributed by atoms with Gasteiger partial charge in [0, 0.05) is 13.1 Å². The van der Waals surface area contributed by atoms with E-state index in [0.29, 0.717) is 25.3 Å². The predicted molar refractivity (Wildman–Crippen MR) is 98.8 cm³/mol. The minimum absolute atomic E-state index is 0.160. The second kappa shape index (κ2) is 8.31. The van der Waals surface area contributed by atoms with E-state index >= 15 is 0 Å². The smallest absolute Gasteiger partial charge is 0.413 e. The Labute approximate surface area is 157 Å². The van der Waals surface area contributed by atoms with Gasteiger partial charge in [-0.25, -0.2) is 4.79 Å². The zero-order valence-corrected chi connectivity index (χ0v) is 15.6. The predicted octanol–water partition coefficient (Wildman–Crippen LogP) is 1.78. The number of carbonyl (C=O) groups excluding carboxylic acids is 1. The average molecular weight is 392 g/mol. The Morgan fingerprint density at radius 2 is 2.00 bits per heavy atom. The highest BCUT2D eigenvalue weighted by molar-refractivity contribution is 7.86. The van der Waals surface area contributed by atoms with Gasteiger partial charge in [0.1, 0.15) is 6.61 Å². The molecule has 0 bridgehead atoms. The molecule has 2 heterocycles. The molecule has 0 spiro atoms. The first-order valence-electron chi connectivity index (χ1n) is 8.34. The lowest BCUT2D eigenvalue weighted by Gasteiger charge is -2.16. The van der Waals surface area contributed by atoms with Gasteiger partial charge in [0.15, 0.2) is 11.6 Å². The molecule has 0 radical (unpaired) electrons. The van der Waals surface area contributed by atoms with Crippen molar-refractivity contribution in [3.8, 4) is 0 Å². The van der Waals surface area contributed by atoms with E-state index < -0.39 is 22.3 Å². The first kappa shape index (κ1) is 19.1. The topological polar surface area (TPSA) is 111 Å². The fraction of sp³-hybridized carbons (Fsp3) is 0.353. The second-order valence-electron chi connectivity index (χ2n) is 6.12. The van der Waals surface area contributed by atoms with E-state index in [4.69, 9.17) is 8.92 Å². The highest BCUT2D eigenvalue weighted by Crippen LogP contribution is 2.21. The Hall–Kier alpha value is -2.72. The molecule has 10 heteroatoms. The zero-order valence-electron chi connectivity index (χ0n) is 14.7. The third kappa shape index (κ3) is 5.90. The summed E-state index contributed by atoms with van der Waals surface area (Å²) in [5.74, 6) is 0.845. The standard InChI is InChI=1S/C17H20N4O5S/c1-27(23,24)26-14-9-10-21(11-14)16-8-7-15(19-20-16)18-17(22)25-12-13-5-3-2-4-6-13/h2-8,14H,9-12H2,1H3,(H,18,19,22). The molecule has 144 valence electrons. The van der Waals surface area contributed by atoms with Crippen LogP contribution in [0, 0.1) is 0 Å².